The van der Waals surface area contributed by atoms with Crippen LogP contribution in [0.2, 0.25) is 0 Å². The summed E-state index contributed by atoms with van der Waals surface area (Å²) in [4.78, 5) is 4.09. The molecule has 3 N–H and O–H groups in total. The number of hydrogen-bond acceptors (Lipinski definition) is 3. The fourth-order valence-electron chi connectivity index (χ4n) is 2.56. The summed E-state index contributed by atoms with van der Waals surface area (Å²) in [5.41, 5.74) is 1.31. The molecule has 6 nitrogen and oxygen atoms in total. The van der Waals surface area contributed by atoms with Crippen LogP contribution in [0.4, 0.5) is 18.9 Å². The molecule has 166 valence electrons. The topological polar surface area (TPSA) is 82.6 Å². The van der Waals surface area contributed by atoms with Crippen LogP contribution >= 0.6 is 24.0 Å². The Morgan fingerprint density at radius 2 is 1.67 bits per heavy atom. The van der Waals surface area contributed by atoms with Gasteiger partial charge in [-0.3, -0.25) is 9.71 Å². The Hall–Kier alpha value is -2.02. The molecule has 0 amide bonds. The van der Waals surface area contributed by atoms with E-state index in [2.05, 4.69) is 20.3 Å². The van der Waals surface area contributed by atoms with Crippen molar-refractivity contribution in [1.82, 2.24) is 10.6 Å². The molecule has 0 radical (unpaired) electrons. The van der Waals surface area contributed by atoms with Gasteiger partial charge in [-0.05, 0) is 35.7 Å². The van der Waals surface area contributed by atoms with Gasteiger partial charge >= 0.3 is 6.18 Å². The third-order valence-electron chi connectivity index (χ3n) is 3.97. The molecule has 0 fully saturated rings. The number of halogens is 4. The molecule has 0 heterocycles. The minimum absolute atomic E-state index is 0. The number of aliphatic imine (C=N–C) groups is 1. The molecule has 11 heteroatoms. The lowest BCUT2D eigenvalue weighted by molar-refractivity contribution is -0.137. The number of hydrogen-bond donors (Lipinski definition) is 3. The standard InChI is InChI=1S/C19H23F3N4O2S.HI/c1-23-18(24-12-11-14-7-9-16(10-8-14)19(20,21)22)25-13-15-5-3-4-6-17(15)26-29(2,27)28;/h3-10,26H,11-13H2,1-2H3,(H2,23,24,25);1H. The molecule has 0 aromatic heterocycles. The second-order valence-corrected chi connectivity index (χ2v) is 8.08. The third kappa shape index (κ3) is 8.78. The lowest BCUT2D eigenvalue weighted by atomic mass is 10.1. The molecule has 30 heavy (non-hydrogen) atoms. The number of nitrogens with one attached hydrogen (secondary N) is 3. The van der Waals surface area contributed by atoms with Crippen LogP contribution in [0.25, 0.3) is 0 Å². The predicted molar refractivity (Wildman–Crippen MR) is 124 cm³/mol. The van der Waals surface area contributed by atoms with Crippen LogP contribution in [0.3, 0.4) is 0 Å². The maximum atomic E-state index is 12.6. The Kier molecular flexibility index (Phi) is 9.88. The Balaban J connectivity index is 0.00000450. The second-order valence-electron chi connectivity index (χ2n) is 6.33. The van der Waals surface area contributed by atoms with Crippen molar-refractivity contribution in [2.45, 2.75) is 19.1 Å². The number of benzene rings is 2. The van der Waals surface area contributed by atoms with E-state index >= 15 is 0 Å². The minimum atomic E-state index is -4.34. The third-order valence-corrected chi connectivity index (χ3v) is 4.56. The number of para-hydroxylation sites is 1. The van der Waals surface area contributed by atoms with Crippen LogP contribution in [-0.4, -0.2) is 34.2 Å². The lowest BCUT2D eigenvalue weighted by Crippen LogP contribution is -2.38. The van der Waals surface area contributed by atoms with E-state index in [9.17, 15) is 21.6 Å². The molecule has 0 saturated heterocycles. The van der Waals surface area contributed by atoms with Gasteiger partial charge in [0.05, 0.1) is 17.5 Å². The second kappa shape index (κ2) is 11.4. The summed E-state index contributed by atoms with van der Waals surface area (Å²) in [5, 5.41) is 6.16. The van der Waals surface area contributed by atoms with Gasteiger partial charge in [-0.2, -0.15) is 13.2 Å². The summed E-state index contributed by atoms with van der Waals surface area (Å²) in [6, 6.07) is 12.0. The highest BCUT2D eigenvalue weighted by atomic mass is 127. The fourth-order valence-corrected chi connectivity index (χ4v) is 3.16. The van der Waals surface area contributed by atoms with Gasteiger partial charge in [0.2, 0.25) is 10.0 Å². The molecule has 0 spiro atoms. The molecule has 0 unspecified atom stereocenters. The van der Waals surface area contributed by atoms with E-state index in [1.54, 1.807) is 31.3 Å². The van der Waals surface area contributed by atoms with Crippen LogP contribution in [-0.2, 0) is 29.2 Å². The first-order chi connectivity index (χ1) is 13.6. The summed E-state index contributed by atoms with van der Waals surface area (Å²) in [5.74, 6) is 0.492. The number of nitrogens with zero attached hydrogens (tertiary/aromatic N) is 1. The smallest absolute Gasteiger partial charge is 0.356 e. The van der Waals surface area contributed by atoms with Crippen LogP contribution < -0.4 is 15.4 Å². The predicted octanol–water partition coefficient (Wildman–Crippen LogP) is 3.60. The van der Waals surface area contributed by atoms with Gasteiger partial charge in [-0.15, -0.1) is 24.0 Å². The van der Waals surface area contributed by atoms with E-state index in [1.807, 2.05) is 0 Å². The maximum Gasteiger partial charge on any atom is 0.416 e. The number of sulfonamides is 1. The molecule has 0 aliphatic heterocycles. The minimum Gasteiger partial charge on any atom is -0.356 e. The van der Waals surface area contributed by atoms with Crippen LogP contribution in [0, 0.1) is 0 Å². The number of guanidine groups is 1. The van der Waals surface area contributed by atoms with E-state index in [0.717, 1.165) is 29.5 Å². The summed E-state index contributed by atoms with van der Waals surface area (Å²) in [7, 11) is -1.80. The van der Waals surface area contributed by atoms with E-state index in [0.29, 0.717) is 31.2 Å². The molecule has 0 saturated carbocycles. The van der Waals surface area contributed by atoms with Crippen molar-refractivity contribution < 1.29 is 21.6 Å². The Morgan fingerprint density at radius 3 is 2.23 bits per heavy atom. The van der Waals surface area contributed by atoms with E-state index in [1.165, 1.54) is 12.1 Å². The van der Waals surface area contributed by atoms with E-state index in [-0.39, 0.29) is 24.0 Å². The fraction of sp³-hybridized carbons (Fsp3) is 0.316. The quantitative estimate of drug-likeness (QED) is 0.277. The molecule has 0 bridgehead atoms. The molecule has 2 aromatic rings. The van der Waals surface area contributed by atoms with Gasteiger partial charge in [-0.1, -0.05) is 30.3 Å². The largest absolute Gasteiger partial charge is 0.416 e. The van der Waals surface area contributed by atoms with Crippen molar-refractivity contribution in [1.29, 1.82) is 0 Å². The van der Waals surface area contributed by atoms with Gasteiger partial charge in [0, 0.05) is 20.1 Å². The van der Waals surface area contributed by atoms with Gasteiger partial charge < -0.3 is 10.6 Å². The number of alkyl halides is 3. The van der Waals surface area contributed by atoms with Crippen LogP contribution in [0.1, 0.15) is 16.7 Å². The summed E-state index contributed by atoms with van der Waals surface area (Å²) in [6.45, 7) is 0.799. The zero-order valence-corrected chi connectivity index (χ0v) is 19.6. The molecule has 2 rings (SSSR count). The average molecular weight is 556 g/mol. The van der Waals surface area contributed by atoms with Crippen LogP contribution in [0.15, 0.2) is 53.5 Å². The van der Waals surface area contributed by atoms with E-state index in [4.69, 9.17) is 0 Å². The Bertz CT molecular complexity index is 949. The van der Waals surface area contributed by atoms with Crippen molar-refractivity contribution in [2.24, 2.45) is 4.99 Å². The zero-order chi connectivity index (χ0) is 21.5. The molecule has 2 aromatic carbocycles. The first-order valence-corrected chi connectivity index (χ1v) is 10.6. The van der Waals surface area contributed by atoms with Crippen LogP contribution in [0.5, 0.6) is 0 Å². The van der Waals surface area contributed by atoms with Crippen molar-refractivity contribution in [2.75, 3.05) is 24.6 Å². The zero-order valence-electron chi connectivity index (χ0n) is 16.5. The molecular formula is C19H24F3IN4O2S. The van der Waals surface area contributed by atoms with Gasteiger partial charge in [0.1, 0.15) is 0 Å². The van der Waals surface area contributed by atoms with Crippen molar-refractivity contribution in [3.05, 3.63) is 65.2 Å². The molecule has 0 aliphatic carbocycles. The highest BCUT2D eigenvalue weighted by Crippen LogP contribution is 2.29. The van der Waals surface area contributed by atoms with Crippen molar-refractivity contribution in [3.8, 4) is 0 Å². The van der Waals surface area contributed by atoms with Crippen molar-refractivity contribution >= 4 is 45.6 Å². The van der Waals surface area contributed by atoms with Gasteiger partial charge in [0.25, 0.3) is 0 Å². The SMILES string of the molecule is CN=C(NCCc1ccc(C(F)(F)F)cc1)NCc1ccccc1NS(C)(=O)=O.I. The number of anilines is 1. The summed E-state index contributed by atoms with van der Waals surface area (Å²) >= 11 is 0. The first kappa shape index (κ1) is 26.0. The Labute approximate surface area is 191 Å². The molecule has 0 aliphatic rings. The number of rotatable bonds is 7. The maximum absolute atomic E-state index is 12.6. The highest BCUT2D eigenvalue weighted by molar-refractivity contribution is 14.0. The molecular weight excluding hydrogens is 532 g/mol. The Morgan fingerprint density at radius 1 is 1.03 bits per heavy atom. The average Bonchev–Trinajstić information content (AvgIpc) is 2.64. The summed E-state index contributed by atoms with van der Waals surface area (Å²) in [6.07, 6.45) is -2.74. The van der Waals surface area contributed by atoms with Crippen molar-refractivity contribution in [3.63, 3.8) is 0 Å². The normalized spacial score (nSPS) is 12.1. The first-order valence-electron chi connectivity index (χ1n) is 8.75. The van der Waals surface area contributed by atoms with Gasteiger partial charge in [-0.25, -0.2) is 8.42 Å². The highest BCUT2D eigenvalue weighted by Gasteiger charge is 2.29. The van der Waals surface area contributed by atoms with E-state index < -0.39 is 21.8 Å². The van der Waals surface area contributed by atoms with Gasteiger partial charge in [0.15, 0.2) is 5.96 Å². The molecule has 0 atom stereocenters. The summed E-state index contributed by atoms with van der Waals surface area (Å²) < 4.78 is 63.2. The monoisotopic (exact) mass is 556 g/mol. The lowest BCUT2D eigenvalue weighted by Gasteiger charge is -2.15.